The Hall–Kier alpha value is -3.67. The van der Waals surface area contributed by atoms with E-state index in [-0.39, 0.29) is 12.4 Å². The van der Waals surface area contributed by atoms with Gasteiger partial charge in [-0.05, 0) is 24.2 Å². The van der Waals surface area contributed by atoms with Crippen LogP contribution >= 0.6 is 0 Å². The van der Waals surface area contributed by atoms with Gasteiger partial charge in [-0.2, -0.15) is 0 Å². The second-order valence-electron chi connectivity index (χ2n) is 5.31. The minimum atomic E-state index is -0.406. The van der Waals surface area contributed by atoms with Crippen LogP contribution in [-0.2, 0) is 6.54 Å². The van der Waals surface area contributed by atoms with Crippen LogP contribution in [-0.4, -0.2) is 29.8 Å². The maximum absolute atomic E-state index is 14.4. The number of nitrogens with zero attached hydrogens (tertiary/aromatic N) is 7. The van der Waals surface area contributed by atoms with Crippen molar-refractivity contribution in [3.8, 4) is 11.5 Å². The topological polar surface area (TPSA) is 86.9 Å². The zero-order valence-corrected chi connectivity index (χ0v) is 13.0. The second-order valence-corrected chi connectivity index (χ2v) is 5.31. The van der Waals surface area contributed by atoms with Gasteiger partial charge >= 0.3 is 0 Å². The number of halogens is 1. The SMILES string of the molecule is [C-]#[N+]c1cnc(Cn2c(-c3nonc3C)nc3cccc(F)c32)cn1. The molecule has 122 valence electrons. The standard InChI is InChI=1S/C16H10FN7O/c1-9-14(23-25-22-9)16-21-12-5-3-4-11(17)15(12)24(16)8-10-6-20-13(18-2)7-19-10/h3-7H,8H2,1H3. The lowest BCUT2D eigenvalue weighted by atomic mass is 10.3. The fraction of sp³-hybridized carbons (Fsp3) is 0.125. The Morgan fingerprint density at radius 1 is 1.24 bits per heavy atom. The van der Waals surface area contributed by atoms with Crippen molar-refractivity contribution in [1.29, 1.82) is 0 Å². The Bertz CT molecular complexity index is 1110. The molecule has 0 amide bonds. The van der Waals surface area contributed by atoms with Crippen LogP contribution in [0.15, 0.2) is 35.2 Å². The van der Waals surface area contributed by atoms with Gasteiger partial charge in [0.05, 0.1) is 18.3 Å². The number of fused-ring (bicyclic) bond motifs is 1. The molecule has 3 aromatic heterocycles. The summed E-state index contributed by atoms with van der Waals surface area (Å²) in [7, 11) is 0. The first-order chi connectivity index (χ1) is 12.2. The van der Waals surface area contributed by atoms with Crippen molar-refractivity contribution in [2.24, 2.45) is 0 Å². The van der Waals surface area contributed by atoms with Gasteiger partial charge in [0.25, 0.3) is 5.82 Å². The summed E-state index contributed by atoms with van der Waals surface area (Å²) in [6, 6.07) is 4.68. The summed E-state index contributed by atoms with van der Waals surface area (Å²) >= 11 is 0. The van der Waals surface area contributed by atoms with Crippen LogP contribution in [0.1, 0.15) is 11.4 Å². The first kappa shape index (κ1) is 14.9. The molecule has 4 aromatic rings. The second kappa shape index (κ2) is 5.76. The Balaban J connectivity index is 1.91. The van der Waals surface area contributed by atoms with Crippen LogP contribution in [0.4, 0.5) is 10.2 Å². The van der Waals surface area contributed by atoms with Crippen molar-refractivity contribution in [2.45, 2.75) is 13.5 Å². The van der Waals surface area contributed by atoms with Gasteiger partial charge in [0.1, 0.15) is 28.9 Å². The van der Waals surface area contributed by atoms with Crippen molar-refractivity contribution in [3.63, 3.8) is 0 Å². The lowest BCUT2D eigenvalue weighted by molar-refractivity contribution is 0.305. The van der Waals surface area contributed by atoms with E-state index in [0.717, 1.165) is 0 Å². The largest absolute Gasteiger partial charge is 0.359 e. The number of benzene rings is 1. The summed E-state index contributed by atoms with van der Waals surface area (Å²) in [5.41, 5.74) is 2.36. The summed E-state index contributed by atoms with van der Waals surface area (Å²) < 4.78 is 20.8. The molecule has 0 radical (unpaired) electrons. The van der Waals surface area contributed by atoms with E-state index in [2.05, 4.69) is 30.1 Å². The van der Waals surface area contributed by atoms with E-state index in [9.17, 15) is 4.39 Å². The van der Waals surface area contributed by atoms with E-state index in [1.807, 2.05) is 0 Å². The number of hydrogen-bond donors (Lipinski definition) is 0. The minimum absolute atomic E-state index is 0.196. The summed E-state index contributed by atoms with van der Waals surface area (Å²) in [5, 5.41) is 7.63. The maximum atomic E-state index is 14.4. The third kappa shape index (κ3) is 2.49. The summed E-state index contributed by atoms with van der Waals surface area (Å²) in [6.45, 7) is 8.88. The monoisotopic (exact) mass is 335 g/mol. The van der Waals surface area contributed by atoms with Gasteiger partial charge in [-0.25, -0.2) is 14.0 Å². The number of para-hydroxylation sites is 1. The number of hydrogen-bond acceptors (Lipinski definition) is 6. The van der Waals surface area contributed by atoms with E-state index < -0.39 is 5.82 Å². The molecule has 1 aromatic carbocycles. The van der Waals surface area contributed by atoms with Gasteiger partial charge in [-0.15, -0.1) is 4.98 Å². The Kier molecular flexibility index (Phi) is 3.43. The molecule has 8 nitrogen and oxygen atoms in total. The lowest BCUT2D eigenvalue weighted by Gasteiger charge is -2.07. The summed E-state index contributed by atoms with van der Waals surface area (Å²) in [6.07, 6.45) is 2.86. The van der Waals surface area contributed by atoms with Crippen LogP contribution < -0.4 is 0 Å². The molecule has 0 spiro atoms. The highest BCUT2D eigenvalue weighted by Gasteiger charge is 2.21. The fourth-order valence-electron chi connectivity index (χ4n) is 2.56. The smallest absolute Gasteiger partial charge is 0.287 e. The Labute approximate surface area is 140 Å². The molecule has 0 fully saturated rings. The molecular weight excluding hydrogens is 325 g/mol. The van der Waals surface area contributed by atoms with Crippen molar-refractivity contribution >= 4 is 16.9 Å². The summed E-state index contributed by atoms with van der Waals surface area (Å²) in [5.74, 6) is 0.216. The first-order valence-electron chi connectivity index (χ1n) is 7.30. The van der Waals surface area contributed by atoms with Crippen LogP contribution in [0.25, 0.3) is 27.4 Å². The number of imidazole rings is 1. The highest BCUT2D eigenvalue weighted by atomic mass is 19.1. The molecule has 4 rings (SSSR count). The van der Waals surface area contributed by atoms with Gasteiger partial charge in [0.2, 0.25) is 0 Å². The van der Waals surface area contributed by atoms with Gasteiger partial charge < -0.3 is 9.41 Å². The first-order valence-corrected chi connectivity index (χ1v) is 7.30. The highest BCUT2D eigenvalue weighted by Crippen LogP contribution is 2.27. The number of aryl methyl sites for hydroxylation is 1. The molecule has 9 heteroatoms. The average Bonchev–Trinajstić information content (AvgIpc) is 3.20. The highest BCUT2D eigenvalue weighted by molar-refractivity contribution is 5.81. The Morgan fingerprint density at radius 2 is 2.12 bits per heavy atom. The number of aromatic nitrogens is 6. The molecule has 0 saturated carbocycles. The molecule has 0 bridgehead atoms. The minimum Gasteiger partial charge on any atom is -0.359 e. The molecular formula is C16H10FN7O. The molecule has 25 heavy (non-hydrogen) atoms. The van der Waals surface area contributed by atoms with Gasteiger partial charge in [-0.3, -0.25) is 4.98 Å². The zero-order valence-electron chi connectivity index (χ0n) is 13.0. The van der Waals surface area contributed by atoms with Gasteiger partial charge in [0.15, 0.2) is 11.5 Å². The van der Waals surface area contributed by atoms with Crippen LogP contribution in [0.5, 0.6) is 0 Å². The maximum Gasteiger partial charge on any atom is 0.287 e. The zero-order chi connectivity index (χ0) is 17.4. The van der Waals surface area contributed by atoms with E-state index in [4.69, 9.17) is 11.2 Å². The Morgan fingerprint density at radius 3 is 2.80 bits per heavy atom. The van der Waals surface area contributed by atoms with Crippen LogP contribution in [0.2, 0.25) is 0 Å². The van der Waals surface area contributed by atoms with E-state index >= 15 is 0 Å². The molecule has 0 aliphatic heterocycles. The quantitative estimate of drug-likeness (QED) is 0.535. The third-order valence-corrected chi connectivity index (χ3v) is 3.71. The summed E-state index contributed by atoms with van der Waals surface area (Å²) in [4.78, 5) is 15.9. The van der Waals surface area contributed by atoms with Crippen molar-refractivity contribution in [1.82, 2.24) is 29.8 Å². The molecule has 0 unspecified atom stereocenters. The predicted octanol–water partition coefficient (Wildman–Crippen LogP) is 2.92. The average molecular weight is 335 g/mol. The van der Waals surface area contributed by atoms with Crippen molar-refractivity contribution < 1.29 is 9.02 Å². The molecule has 3 heterocycles. The third-order valence-electron chi connectivity index (χ3n) is 3.71. The van der Waals surface area contributed by atoms with E-state index in [0.29, 0.717) is 33.9 Å². The molecule has 0 aliphatic carbocycles. The van der Waals surface area contributed by atoms with Crippen molar-refractivity contribution in [2.75, 3.05) is 0 Å². The molecule has 0 saturated heterocycles. The molecule has 0 aliphatic rings. The number of rotatable bonds is 3. The van der Waals surface area contributed by atoms with Gasteiger partial charge in [0, 0.05) is 0 Å². The van der Waals surface area contributed by atoms with Crippen LogP contribution in [0, 0.1) is 19.3 Å². The lowest BCUT2D eigenvalue weighted by Crippen LogP contribution is -2.06. The predicted molar refractivity (Wildman–Crippen MR) is 85.1 cm³/mol. The van der Waals surface area contributed by atoms with Crippen molar-refractivity contribution in [3.05, 3.63) is 59.2 Å². The van der Waals surface area contributed by atoms with Gasteiger partial charge in [-0.1, -0.05) is 17.8 Å². The van der Waals surface area contributed by atoms with Crippen LogP contribution in [0.3, 0.4) is 0 Å². The molecule has 0 N–H and O–H groups in total. The normalized spacial score (nSPS) is 10.9. The molecule has 0 atom stereocenters. The van der Waals surface area contributed by atoms with E-state index in [1.165, 1.54) is 18.5 Å². The fourth-order valence-corrected chi connectivity index (χ4v) is 2.56. The van der Waals surface area contributed by atoms with E-state index in [1.54, 1.807) is 23.6 Å².